The molecule has 0 amide bonds. The van der Waals surface area contributed by atoms with E-state index in [-0.39, 0.29) is 5.69 Å². The van der Waals surface area contributed by atoms with Gasteiger partial charge in [-0.2, -0.15) is 0 Å². The number of aromatic amines is 1. The number of hydrogen-bond donors (Lipinski definition) is 2. The van der Waals surface area contributed by atoms with Crippen molar-refractivity contribution in [2.24, 2.45) is 0 Å². The van der Waals surface area contributed by atoms with Crippen LogP contribution in [0.1, 0.15) is 60.8 Å². The van der Waals surface area contributed by atoms with Crippen LogP contribution in [-0.4, -0.2) is 21.0 Å². The first-order valence-electron chi connectivity index (χ1n) is 5.55. The van der Waals surface area contributed by atoms with Gasteiger partial charge in [0.05, 0.1) is 6.20 Å². The Balaban J connectivity index is 2.10. The van der Waals surface area contributed by atoms with Gasteiger partial charge in [0.15, 0.2) is 0 Å². The summed E-state index contributed by atoms with van der Waals surface area (Å²) < 4.78 is 0. The van der Waals surface area contributed by atoms with Gasteiger partial charge >= 0.3 is 5.97 Å². The first-order chi connectivity index (χ1) is 7.27. The second kappa shape index (κ2) is 4.47. The fourth-order valence-electron chi connectivity index (χ4n) is 2.21. The topological polar surface area (TPSA) is 66.0 Å². The zero-order valence-corrected chi connectivity index (χ0v) is 8.70. The maximum Gasteiger partial charge on any atom is 0.353 e. The summed E-state index contributed by atoms with van der Waals surface area (Å²) in [6.45, 7) is 0. The summed E-state index contributed by atoms with van der Waals surface area (Å²) in [6, 6.07) is 0. The number of imidazole rings is 1. The van der Waals surface area contributed by atoms with Crippen molar-refractivity contribution in [3.63, 3.8) is 0 Å². The molecule has 15 heavy (non-hydrogen) atoms. The van der Waals surface area contributed by atoms with Crippen molar-refractivity contribution in [2.45, 2.75) is 44.4 Å². The number of carbonyl (C=O) groups is 1. The molecule has 1 aliphatic rings. The van der Waals surface area contributed by atoms with Crippen LogP contribution in [0.2, 0.25) is 0 Å². The molecule has 0 atom stereocenters. The molecular weight excluding hydrogens is 192 g/mol. The molecule has 1 heterocycles. The Morgan fingerprint density at radius 1 is 1.33 bits per heavy atom. The van der Waals surface area contributed by atoms with E-state index in [1.54, 1.807) is 0 Å². The van der Waals surface area contributed by atoms with E-state index in [0.717, 1.165) is 18.7 Å². The highest BCUT2D eigenvalue weighted by Crippen LogP contribution is 2.29. The monoisotopic (exact) mass is 208 g/mol. The molecule has 0 bridgehead atoms. The molecule has 4 nitrogen and oxygen atoms in total. The van der Waals surface area contributed by atoms with Crippen LogP contribution in [0.15, 0.2) is 6.20 Å². The maximum absolute atomic E-state index is 10.7. The second-order valence-corrected chi connectivity index (χ2v) is 4.18. The van der Waals surface area contributed by atoms with Gasteiger partial charge in [-0.15, -0.1) is 0 Å². The number of aromatic carboxylic acids is 1. The number of nitrogens with zero attached hydrogens (tertiary/aromatic N) is 1. The van der Waals surface area contributed by atoms with E-state index in [4.69, 9.17) is 5.11 Å². The molecule has 2 rings (SSSR count). The van der Waals surface area contributed by atoms with E-state index >= 15 is 0 Å². The summed E-state index contributed by atoms with van der Waals surface area (Å²) >= 11 is 0. The van der Waals surface area contributed by atoms with E-state index in [2.05, 4.69) is 9.97 Å². The third-order valence-electron chi connectivity index (χ3n) is 3.07. The minimum atomic E-state index is -0.928. The number of rotatable bonds is 2. The van der Waals surface area contributed by atoms with Crippen molar-refractivity contribution in [1.82, 2.24) is 9.97 Å². The highest BCUT2D eigenvalue weighted by Gasteiger charge is 2.18. The minimum absolute atomic E-state index is 0.203. The third kappa shape index (κ3) is 2.37. The molecule has 2 N–H and O–H groups in total. The van der Waals surface area contributed by atoms with Crippen LogP contribution in [0.5, 0.6) is 0 Å². The Morgan fingerprint density at radius 3 is 2.53 bits per heavy atom. The van der Waals surface area contributed by atoms with E-state index in [1.165, 1.54) is 31.9 Å². The molecule has 1 fully saturated rings. The summed E-state index contributed by atoms with van der Waals surface area (Å²) in [6.07, 6.45) is 8.73. The highest BCUT2D eigenvalue weighted by molar-refractivity contribution is 5.85. The predicted octanol–water partition coefficient (Wildman–Crippen LogP) is 2.55. The van der Waals surface area contributed by atoms with Gasteiger partial charge in [0.1, 0.15) is 11.5 Å². The lowest BCUT2D eigenvalue weighted by Gasteiger charge is -2.09. The van der Waals surface area contributed by atoms with Crippen LogP contribution in [0.3, 0.4) is 0 Å². The van der Waals surface area contributed by atoms with Gasteiger partial charge in [-0.05, 0) is 12.8 Å². The van der Waals surface area contributed by atoms with Crippen molar-refractivity contribution < 1.29 is 9.90 Å². The van der Waals surface area contributed by atoms with Gasteiger partial charge in [-0.25, -0.2) is 9.78 Å². The molecule has 1 saturated carbocycles. The number of nitrogens with one attached hydrogen (secondary N) is 1. The first kappa shape index (κ1) is 10.2. The number of carboxylic acids is 1. The molecule has 1 aliphatic carbocycles. The van der Waals surface area contributed by atoms with Gasteiger partial charge in [-0.1, -0.05) is 25.7 Å². The quantitative estimate of drug-likeness (QED) is 0.734. The average Bonchev–Trinajstić information content (AvgIpc) is 2.55. The van der Waals surface area contributed by atoms with Crippen LogP contribution < -0.4 is 0 Å². The van der Waals surface area contributed by atoms with E-state index < -0.39 is 5.97 Å². The Labute approximate surface area is 88.7 Å². The third-order valence-corrected chi connectivity index (χ3v) is 3.07. The zero-order valence-electron chi connectivity index (χ0n) is 8.70. The molecule has 1 aromatic rings. The molecular formula is C11H16N2O2. The fourth-order valence-corrected chi connectivity index (χ4v) is 2.21. The Hall–Kier alpha value is -1.32. The van der Waals surface area contributed by atoms with Gasteiger partial charge in [0.2, 0.25) is 0 Å². The summed E-state index contributed by atoms with van der Waals surface area (Å²) in [7, 11) is 0. The standard InChI is InChI=1S/C11H16N2O2/c14-11(15)9-7-12-10(13-9)8-5-3-1-2-4-6-8/h7-8H,1-6H2,(H,12,13)(H,14,15). The van der Waals surface area contributed by atoms with Crippen molar-refractivity contribution in [3.05, 3.63) is 17.7 Å². The van der Waals surface area contributed by atoms with Gasteiger partial charge in [-0.3, -0.25) is 0 Å². The summed E-state index contributed by atoms with van der Waals surface area (Å²) in [5, 5.41) is 8.78. The Kier molecular flexibility index (Phi) is 3.04. The summed E-state index contributed by atoms with van der Waals surface area (Å²) in [5.41, 5.74) is 0.203. The molecule has 0 saturated heterocycles. The van der Waals surface area contributed by atoms with Crippen molar-refractivity contribution in [2.75, 3.05) is 0 Å². The summed E-state index contributed by atoms with van der Waals surface area (Å²) in [5.74, 6) is 0.359. The number of H-pyrrole nitrogens is 1. The Morgan fingerprint density at radius 2 is 2.00 bits per heavy atom. The zero-order chi connectivity index (χ0) is 10.7. The SMILES string of the molecule is O=C(O)c1cnc(C2CCCCCC2)[nH]1. The van der Waals surface area contributed by atoms with Gasteiger partial charge < -0.3 is 10.1 Å². The maximum atomic E-state index is 10.7. The second-order valence-electron chi connectivity index (χ2n) is 4.18. The van der Waals surface area contributed by atoms with Crippen molar-refractivity contribution in [3.8, 4) is 0 Å². The minimum Gasteiger partial charge on any atom is -0.477 e. The van der Waals surface area contributed by atoms with Crippen molar-refractivity contribution >= 4 is 5.97 Å². The fraction of sp³-hybridized carbons (Fsp3) is 0.636. The summed E-state index contributed by atoms with van der Waals surface area (Å²) in [4.78, 5) is 17.8. The van der Waals surface area contributed by atoms with Crippen LogP contribution in [0, 0.1) is 0 Å². The smallest absolute Gasteiger partial charge is 0.353 e. The van der Waals surface area contributed by atoms with E-state index in [9.17, 15) is 4.79 Å². The lowest BCUT2D eigenvalue weighted by Crippen LogP contribution is -2.01. The molecule has 0 aromatic carbocycles. The van der Waals surface area contributed by atoms with Crippen LogP contribution >= 0.6 is 0 Å². The van der Waals surface area contributed by atoms with Crippen molar-refractivity contribution in [1.29, 1.82) is 0 Å². The van der Waals surface area contributed by atoms with Gasteiger partial charge in [0, 0.05) is 5.92 Å². The highest BCUT2D eigenvalue weighted by atomic mass is 16.4. The molecule has 0 radical (unpaired) electrons. The number of hydrogen-bond acceptors (Lipinski definition) is 2. The molecule has 82 valence electrons. The largest absolute Gasteiger partial charge is 0.477 e. The molecule has 0 unspecified atom stereocenters. The molecule has 1 aromatic heterocycles. The number of aromatic nitrogens is 2. The van der Waals surface area contributed by atoms with E-state index in [1.807, 2.05) is 0 Å². The molecule has 4 heteroatoms. The molecule has 0 aliphatic heterocycles. The lowest BCUT2D eigenvalue weighted by molar-refractivity contribution is 0.0691. The van der Waals surface area contributed by atoms with Crippen LogP contribution in [-0.2, 0) is 0 Å². The van der Waals surface area contributed by atoms with Crippen LogP contribution in [0.25, 0.3) is 0 Å². The normalized spacial score (nSPS) is 18.7. The first-order valence-corrected chi connectivity index (χ1v) is 5.55. The van der Waals surface area contributed by atoms with Crippen LogP contribution in [0.4, 0.5) is 0 Å². The lowest BCUT2D eigenvalue weighted by atomic mass is 10.00. The van der Waals surface area contributed by atoms with Gasteiger partial charge in [0.25, 0.3) is 0 Å². The predicted molar refractivity (Wildman–Crippen MR) is 56.0 cm³/mol. The number of carboxylic acid groups (broad SMARTS) is 1. The molecule has 0 spiro atoms. The average molecular weight is 208 g/mol. The Bertz CT molecular complexity index is 338. The van der Waals surface area contributed by atoms with E-state index in [0.29, 0.717) is 5.92 Å².